The fourth-order valence-electron chi connectivity index (χ4n) is 3.74. The number of benzene rings is 2. The molecule has 1 aliphatic rings. The van der Waals surface area contributed by atoms with Gasteiger partial charge in [-0.15, -0.1) is 0 Å². The van der Waals surface area contributed by atoms with Gasteiger partial charge in [-0.1, -0.05) is 12.1 Å². The number of carboxylic acid groups (broad SMARTS) is 1. The van der Waals surface area contributed by atoms with E-state index in [-0.39, 0.29) is 25.1 Å². The number of hydrogen-bond acceptors (Lipinski definition) is 10. The highest BCUT2D eigenvalue weighted by atomic mass is 19.4. The van der Waals surface area contributed by atoms with Crippen LogP contribution in [-0.4, -0.2) is 71.1 Å². The number of anilines is 2. The predicted molar refractivity (Wildman–Crippen MR) is 146 cm³/mol. The lowest BCUT2D eigenvalue weighted by atomic mass is 10.1. The Bertz CT molecular complexity index is 1320. The number of halogens is 3. The molecule has 226 valence electrons. The van der Waals surface area contributed by atoms with Crippen LogP contribution in [0.3, 0.4) is 0 Å². The lowest BCUT2D eigenvalue weighted by Crippen LogP contribution is -2.37. The number of ether oxygens (including phenoxy) is 4. The van der Waals surface area contributed by atoms with Crippen molar-refractivity contribution in [3.8, 4) is 17.5 Å². The van der Waals surface area contributed by atoms with Crippen molar-refractivity contribution in [2.24, 2.45) is 0 Å². The second-order valence-electron chi connectivity index (χ2n) is 9.83. The van der Waals surface area contributed by atoms with Crippen LogP contribution in [0.1, 0.15) is 31.4 Å². The topological polar surface area (TPSA) is 128 Å². The van der Waals surface area contributed by atoms with Gasteiger partial charge in [-0.05, 0) is 55.8 Å². The number of hydrogen-bond donors (Lipinski definition) is 2. The highest BCUT2D eigenvalue weighted by molar-refractivity contribution is 5.76. The molecule has 3 aromatic rings. The van der Waals surface area contributed by atoms with Gasteiger partial charge < -0.3 is 34.3 Å². The first-order chi connectivity index (χ1) is 20.0. The number of aromatic nitrogens is 3. The molecule has 0 radical (unpaired) electrons. The van der Waals surface area contributed by atoms with Crippen LogP contribution < -0.4 is 24.4 Å². The van der Waals surface area contributed by atoms with E-state index in [1.54, 1.807) is 24.3 Å². The Kier molecular flexibility index (Phi) is 9.88. The quantitative estimate of drug-likeness (QED) is 0.274. The number of nitrogens with zero attached hydrogens (tertiary/aromatic N) is 4. The Labute approximate surface area is 240 Å². The molecule has 2 heterocycles. The molecule has 0 amide bonds. The molecule has 11 nitrogen and oxygen atoms in total. The lowest BCUT2D eigenvalue weighted by Gasteiger charge is -2.27. The van der Waals surface area contributed by atoms with E-state index >= 15 is 0 Å². The molecule has 2 N–H and O–H groups in total. The van der Waals surface area contributed by atoms with E-state index < -0.39 is 23.3 Å². The zero-order valence-electron chi connectivity index (χ0n) is 23.2. The zero-order valence-corrected chi connectivity index (χ0v) is 23.2. The van der Waals surface area contributed by atoms with E-state index in [4.69, 9.17) is 18.9 Å². The number of nitrogens with one attached hydrogen (secondary N) is 1. The normalized spacial score (nSPS) is 13.9. The predicted octanol–water partition coefficient (Wildman–Crippen LogP) is 4.43. The van der Waals surface area contributed by atoms with Crippen LogP contribution in [-0.2, 0) is 22.3 Å². The molecule has 42 heavy (non-hydrogen) atoms. The minimum Gasteiger partial charge on any atom is -0.493 e. The van der Waals surface area contributed by atoms with Gasteiger partial charge in [0.1, 0.15) is 11.5 Å². The van der Waals surface area contributed by atoms with Gasteiger partial charge in [-0.3, -0.25) is 0 Å². The summed E-state index contributed by atoms with van der Waals surface area (Å²) in [5.41, 5.74) is -1.44. The van der Waals surface area contributed by atoms with Gasteiger partial charge >= 0.3 is 18.2 Å². The zero-order chi connectivity index (χ0) is 30.2. The Hall–Kier alpha value is -4.33. The third-order valence-corrected chi connectivity index (χ3v) is 6.13. The number of morpholine rings is 1. The van der Waals surface area contributed by atoms with Crippen molar-refractivity contribution in [2.45, 2.75) is 38.6 Å². The van der Waals surface area contributed by atoms with Crippen LogP contribution in [0.15, 0.2) is 48.5 Å². The maximum absolute atomic E-state index is 12.9. The van der Waals surface area contributed by atoms with Gasteiger partial charge in [0.15, 0.2) is 5.60 Å². The van der Waals surface area contributed by atoms with Gasteiger partial charge in [-0.25, -0.2) is 4.79 Å². The van der Waals surface area contributed by atoms with Crippen molar-refractivity contribution in [2.75, 3.05) is 49.7 Å². The summed E-state index contributed by atoms with van der Waals surface area (Å²) in [6.45, 7) is 5.95. The Morgan fingerprint density at radius 1 is 0.952 bits per heavy atom. The van der Waals surface area contributed by atoms with Gasteiger partial charge in [0, 0.05) is 26.1 Å². The molecule has 0 spiro atoms. The second-order valence-corrected chi connectivity index (χ2v) is 9.83. The third kappa shape index (κ3) is 8.83. The maximum atomic E-state index is 12.9. The van der Waals surface area contributed by atoms with Crippen LogP contribution in [0.25, 0.3) is 0 Å². The molecular formula is C28H32F3N5O6. The molecule has 4 rings (SSSR count). The molecule has 2 aromatic carbocycles. The van der Waals surface area contributed by atoms with E-state index in [1.165, 1.54) is 26.0 Å². The van der Waals surface area contributed by atoms with Gasteiger partial charge in [0.05, 0.1) is 32.0 Å². The summed E-state index contributed by atoms with van der Waals surface area (Å²) in [6.07, 6.45) is -3.89. The van der Waals surface area contributed by atoms with Crippen molar-refractivity contribution in [3.63, 3.8) is 0 Å². The van der Waals surface area contributed by atoms with Crippen molar-refractivity contribution < 1.29 is 42.0 Å². The number of alkyl halides is 3. The van der Waals surface area contributed by atoms with Crippen molar-refractivity contribution in [3.05, 3.63) is 59.7 Å². The first kappa shape index (κ1) is 30.6. The first-order valence-corrected chi connectivity index (χ1v) is 13.3. The third-order valence-electron chi connectivity index (χ3n) is 6.13. The minimum absolute atomic E-state index is 0.101. The molecule has 0 aliphatic carbocycles. The standard InChI is InChI=1S/C28H32F3N5O6/c1-27(2,23(37)38)42-22-10-8-21(9-11-22)40-14-3-15-41-26-34-24(33-25(35-26)36-12-16-39-17-13-36)32-18-19-4-6-20(7-5-19)28(29,30)31/h4-11H,3,12-18H2,1-2H3,(H,37,38)(H,32,33,34,35). The summed E-state index contributed by atoms with van der Waals surface area (Å²) < 4.78 is 61.0. The molecule has 1 aliphatic heterocycles. The van der Waals surface area contributed by atoms with E-state index in [0.29, 0.717) is 62.3 Å². The van der Waals surface area contributed by atoms with Gasteiger partial charge in [-0.2, -0.15) is 28.1 Å². The number of carboxylic acids is 1. The fraction of sp³-hybridized carbons (Fsp3) is 0.429. The van der Waals surface area contributed by atoms with Crippen LogP contribution in [0.5, 0.6) is 17.5 Å². The van der Waals surface area contributed by atoms with Crippen LogP contribution in [0.4, 0.5) is 25.1 Å². The highest BCUT2D eigenvalue weighted by Gasteiger charge is 2.30. The van der Waals surface area contributed by atoms with Crippen molar-refractivity contribution in [1.29, 1.82) is 0 Å². The summed E-state index contributed by atoms with van der Waals surface area (Å²) >= 11 is 0. The fourth-order valence-corrected chi connectivity index (χ4v) is 3.74. The van der Waals surface area contributed by atoms with Crippen molar-refractivity contribution in [1.82, 2.24) is 15.0 Å². The second kappa shape index (κ2) is 13.6. The summed E-state index contributed by atoms with van der Waals surface area (Å²) in [7, 11) is 0. The molecule has 0 atom stereocenters. The molecular weight excluding hydrogens is 559 g/mol. The van der Waals surface area contributed by atoms with E-state index in [2.05, 4.69) is 20.3 Å². The van der Waals surface area contributed by atoms with E-state index in [0.717, 1.165) is 12.1 Å². The molecule has 0 unspecified atom stereocenters. The Morgan fingerprint density at radius 2 is 1.60 bits per heavy atom. The summed E-state index contributed by atoms with van der Waals surface area (Å²) in [5.74, 6) is 0.556. The molecule has 1 fully saturated rings. The van der Waals surface area contributed by atoms with E-state index in [9.17, 15) is 23.1 Å². The maximum Gasteiger partial charge on any atom is 0.416 e. The SMILES string of the molecule is CC(C)(Oc1ccc(OCCCOc2nc(NCc3ccc(C(F)(F)F)cc3)nc(N3CCOCC3)n2)cc1)C(=O)O. The Morgan fingerprint density at radius 3 is 2.24 bits per heavy atom. The molecule has 0 saturated carbocycles. The summed E-state index contributed by atoms with van der Waals surface area (Å²) in [4.78, 5) is 26.4. The van der Waals surface area contributed by atoms with Gasteiger partial charge in [0.2, 0.25) is 11.9 Å². The Balaban J connectivity index is 1.31. The smallest absolute Gasteiger partial charge is 0.416 e. The number of carbonyl (C=O) groups is 1. The molecule has 1 aromatic heterocycles. The number of rotatable bonds is 13. The van der Waals surface area contributed by atoms with Crippen LogP contribution >= 0.6 is 0 Å². The van der Waals surface area contributed by atoms with E-state index in [1.807, 2.05) is 4.90 Å². The summed E-state index contributed by atoms with van der Waals surface area (Å²) in [6, 6.07) is 11.6. The molecule has 1 saturated heterocycles. The van der Waals surface area contributed by atoms with Crippen LogP contribution in [0.2, 0.25) is 0 Å². The first-order valence-electron chi connectivity index (χ1n) is 13.3. The molecule has 14 heteroatoms. The van der Waals surface area contributed by atoms with Crippen molar-refractivity contribution >= 4 is 17.9 Å². The monoisotopic (exact) mass is 591 g/mol. The lowest BCUT2D eigenvalue weighted by molar-refractivity contribution is -0.152. The average molecular weight is 592 g/mol. The minimum atomic E-state index is -4.40. The van der Waals surface area contributed by atoms with Gasteiger partial charge in [0.25, 0.3) is 0 Å². The van der Waals surface area contributed by atoms with Crippen LogP contribution in [0, 0.1) is 0 Å². The highest BCUT2D eigenvalue weighted by Crippen LogP contribution is 2.29. The number of aliphatic carboxylic acids is 1. The largest absolute Gasteiger partial charge is 0.493 e. The average Bonchev–Trinajstić information content (AvgIpc) is 2.97. The molecule has 0 bridgehead atoms. The summed E-state index contributed by atoms with van der Waals surface area (Å²) in [5, 5.41) is 12.2.